The summed E-state index contributed by atoms with van der Waals surface area (Å²) in [4.78, 5) is 0. The van der Waals surface area contributed by atoms with Crippen LogP contribution in [0.5, 0.6) is 0 Å². The lowest BCUT2D eigenvalue weighted by Crippen LogP contribution is -2.02. The molecule has 0 aliphatic rings. The topological polar surface area (TPSA) is 43.1 Å². The maximum Gasteiger partial charge on any atom is 0.0946 e. The zero-order valence-corrected chi connectivity index (χ0v) is 9.82. The molecule has 0 aromatic heterocycles. The van der Waals surface area contributed by atoms with Gasteiger partial charge < -0.3 is 5.73 Å². The zero-order valence-electron chi connectivity index (χ0n) is 8.19. The molecule has 14 heavy (non-hydrogen) atoms. The van der Waals surface area contributed by atoms with E-state index in [0.717, 1.165) is 9.80 Å². The Bertz CT molecular complexity index is 360. The summed E-state index contributed by atoms with van der Waals surface area (Å²) in [6.07, 6.45) is 3.52. The minimum atomic E-state index is -1.02. The minimum Gasteiger partial charge on any atom is -0.397 e. The van der Waals surface area contributed by atoms with E-state index in [4.69, 9.17) is 5.73 Å². The van der Waals surface area contributed by atoms with Crippen LogP contribution in [0.25, 0.3) is 5.70 Å². The van der Waals surface area contributed by atoms with Gasteiger partial charge in [0.15, 0.2) is 0 Å². The van der Waals surface area contributed by atoms with E-state index in [1.807, 2.05) is 36.6 Å². The average Bonchev–Trinajstić information content (AvgIpc) is 2.19. The normalized spacial score (nSPS) is 14.7. The van der Waals surface area contributed by atoms with Crippen molar-refractivity contribution in [3.63, 3.8) is 0 Å². The van der Waals surface area contributed by atoms with Crippen LogP contribution in [-0.4, -0.2) is 16.7 Å². The molecule has 0 saturated carbocycles. The summed E-state index contributed by atoms with van der Waals surface area (Å²) < 4.78 is 12.1. The van der Waals surface area contributed by atoms with E-state index in [1.165, 1.54) is 11.8 Å². The first-order valence-electron chi connectivity index (χ1n) is 4.09. The van der Waals surface area contributed by atoms with Gasteiger partial charge in [-0.25, -0.2) is 0 Å². The lowest BCUT2D eigenvalue weighted by molar-refractivity contribution is 0.691. The van der Waals surface area contributed by atoms with Crippen molar-refractivity contribution < 1.29 is 4.21 Å². The smallest absolute Gasteiger partial charge is 0.0946 e. The van der Waals surface area contributed by atoms with Gasteiger partial charge in [0.2, 0.25) is 0 Å². The van der Waals surface area contributed by atoms with Gasteiger partial charge in [0.1, 0.15) is 0 Å². The first-order valence-corrected chi connectivity index (χ1v) is 6.87. The van der Waals surface area contributed by atoms with Crippen molar-refractivity contribution in [2.24, 2.45) is 5.73 Å². The average molecular weight is 227 g/mol. The van der Waals surface area contributed by atoms with Crippen LogP contribution in [0.2, 0.25) is 0 Å². The van der Waals surface area contributed by atoms with Crippen LogP contribution in [0.4, 0.5) is 0 Å². The molecular weight excluding hydrogens is 214 g/mol. The van der Waals surface area contributed by atoms with Crippen molar-refractivity contribution in [2.45, 2.75) is 0 Å². The van der Waals surface area contributed by atoms with Crippen LogP contribution in [0, 0.1) is 0 Å². The molecule has 0 spiro atoms. The molecule has 0 bridgehead atoms. The van der Waals surface area contributed by atoms with Gasteiger partial charge in [-0.05, 0) is 11.8 Å². The van der Waals surface area contributed by atoms with Gasteiger partial charge in [0.25, 0.3) is 0 Å². The molecule has 2 N–H and O–H groups in total. The van der Waals surface area contributed by atoms with Gasteiger partial charge in [-0.15, -0.1) is 11.8 Å². The third-order valence-electron chi connectivity index (χ3n) is 1.75. The van der Waals surface area contributed by atoms with Crippen LogP contribution < -0.4 is 5.73 Å². The summed E-state index contributed by atoms with van der Waals surface area (Å²) in [7, 11) is -1.02. The van der Waals surface area contributed by atoms with Gasteiger partial charge in [-0.1, -0.05) is 30.3 Å². The monoisotopic (exact) mass is 227 g/mol. The van der Waals surface area contributed by atoms with Crippen molar-refractivity contribution >= 4 is 28.3 Å². The van der Waals surface area contributed by atoms with Gasteiger partial charge in [-0.2, -0.15) is 0 Å². The molecule has 0 aliphatic carbocycles. The molecule has 0 aliphatic heterocycles. The molecule has 0 heterocycles. The third-order valence-corrected chi connectivity index (χ3v) is 4.29. The fourth-order valence-electron chi connectivity index (χ4n) is 1.12. The molecule has 76 valence electrons. The summed E-state index contributed by atoms with van der Waals surface area (Å²) in [5, 5.41) is 0. The first kappa shape index (κ1) is 11.3. The number of nitrogens with two attached hydrogens (primary N) is 1. The van der Waals surface area contributed by atoms with Gasteiger partial charge in [-0.3, -0.25) is 4.21 Å². The van der Waals surface area contributed by atoms with Crippen LogP contribution in [0.1, 0.15) is 5.56 Å². The van der Waals surface area contributed by atoms with Crippen LogP contribution in [-0.2, 0) is 10.8 Å². The maximum absolute atomic E-state index is 11.3. The third kappa shape index (κ3) is 2.62. The Labute approximate surface area is 91.0 Å². The lowest BCUT2D eigenvalue weighted by Gasteiger charge is -2.06. The molecule has 2 nitrogen and oxygen atoms in total. The van der Waals surface area contributed by atoms with Gasteiger partial charge in [0.05, 0.1) is 20.7 Å². The number of hydrogen-bond acceptors (Lipinski definition) is 3. The summed E-state index contributed by atoms with van der Waals surface area (Å²) in [5.41, 5.74) is 7.45. The van der Waals surface area contributed by atoms with E-state index < -0.39 is 10.8 Å². The van der Waals surface area contributed by atoms with E-state index in [0.29, 0.717) is 5.70 Å². The van der Waals surface area contributed by atoms with Gasteiger partial charge >= 0.3 is 0 Å². The maximum atomic E-state index is 11.3. The van der Waals surface area contributed by atoms with E-state index in [2.05, 4.69) is 0 Å². The highest BCUT2D eigenvalue weighted by atomic mass is 32.2. The standard InChI is InChI=1S/C10H13NOS2/c1-13-10(14(2)12)9(11)8-6-4-3-5-7-8/h3-7H,11H2,1-2H3/b10-9-. The van der Waals surface area contributed by atoms with Crippen LogP contribution in [0.15, 0.2) is 34.6 Å². The fraction of sp³-hybridized carbons (Fsp3) is 0.200. The molecule has 1 aromatic carbocycles. The molecular formula is C10H13NOS2. The van der Waals surface area contributed by atoms with E-state index in [1.54, 1.807) is 6.26 Å². The van der Waals surface area contributed by atoms with E-state index in [9.17, 15) is 4.21 Å². The second kappa shape index (κ2) is 5.22. The van der Waals surface area contributed by atoms with Crippen molar-refractivity contribution in [2.75, 3.05) is 12.5 Å². The SMILES string of the molecule is CS/C(=C(/N)c1ccccc1)S(C)=O. The van der Waals surface area contributed by atoms with Crippen LogP contribution >= 0.6 is 11.8 Å². The predicted octanol–water partition coefficient (Wildman–Crippen LogP) is 2.01. The highest BCUT2D eigenvalue weighted by molar-refractivity contribution is 8.16. The second-order valence-electron chi connectivity index (χ2n) is 2.73. The molecule has 1 rings (SSSR count). The number of rotatable bonds is 3. The summed E-state index contributed by atoms with van der Waals surface area (Å²) in [6, 6.07) is 9.59. The molecule has 0 fully saturated rings. The number of benzene rings is 1. The molecule has 0 radical (unpaired) electrons. The van der Waals surface area contributed by atoms with E-state index in [-0.39, 0.29) is 0 Å². The Morgan fingerprint density at radius 3 is 2.36 bits per heavy atom. The van der Waals surface area contributed by atoms with Crippen molar-refractivity contribution in [3.05, 3.63) is 40.1 Å². The highest BCUT2D eigenvalue weighted by Crippen LogP contribution is 2.23. The minimum absolute atomic E-state index is 0.610. The van der Waals surface area contributed by atoms with Gasteiger partial charge in [0, 0.05) is 6.26 Å². The molecule has 1 atom stereocenters. The number of thioether (sulfide) groups is 1. The Balaban J connectivity index is 3.15. The zero-order chi connectivity index (χ0) is 10.6. The highest BCUT2D eigenvalue weighted by Gasteiger charge is 2.07. The fourth-order valence-corrected chi connectivity index (χ4v) is 2.82. The van der Waals surface area contributed by atoms with E-state index >= 15 is 0 Å². The Morgan fingerprint density at radius 1 is 1.36 bits per heavy atom. The van der Waals surface area contributed by atoms with Crippen LogP contribution in [0.3, 0.4) is 0 Å². The quantitative estimate of drug-likeness (QED) is 0.859. The Hall–Kier alpha value is -0.740. The molecule has 4 heteroatoms. The molecule has 0 saturated heterocycles. The summed E-state index contributed by atoms with van der Waals surface area (Å²) >= 11 is 1.44. The predicted molar refractivity (Wildman–Crippen MR) is 65.1 cm³/mol. The van der Waals surface area contributed by atoms with Crippen molar-refractivity contribution in [1.82, 2.24) is 0 Å². The van der Waals surface area contributed by atoms with Crippen molar-refractivity contribution in [3.8, 4) is 0 Å². The summed E-state index contributed by atoms with van der Waals surface area (Å²) in [5.74, 6) is 0. The molecule has 1 aromatic rings. The Kier molecular flexibility index (Phi) is 4.22. The first-order chi connectivity index (χ1) is 6.66. The Morgan fingerprint density at radius 2 is 1.93 bits per heavy atom. The largest absolute Gasteiger partial charge is 0.397 e. The molecule has 0 amide bonds. The lowest BCUT2D eigenvalue weighted by atomic mass is 10.2. The number of hydrogen-bond donors (Lipinski definition) is 1. The summed E-state index contributed by atoms with van der Waals surface area (Å²) in [6.45, 7) is 0. The van der Waals surface area contributed by atoms with Crippen molar-refractivity contribution in [1.29, 1.82) is 0 Å². The molecule has 1 unspecified atom stereocenters. The second-order valence-corrected chi connectivity index (χ2v) is 5.12.